The van der Waals surface area contributed by atoms with Gasteiger partial charge in [-0.2, -0.15) is 4.31 Å². The maximum Gasteiger partial charge on any atom is 0.251 e. The summed E-state index contributed by atoms with van der Waals surface area (Å²) in [6.07, 6.45) is 2.52. The fourth-order valence-electron chi connectivity index (χ4n) is 4.25. The molecule has 2 heterocycles. The minimum atomic E-state index is -3.56. The highest BCUT2D eigenvalue weighted by molar-refractivity contribution is 7.89. The van der Waals surface area contributed by atoms with Crippen LogP contribution in [0.4, 0.5) is 5.69 Å². The standard InChI is InChI=1S/C24H31N3O4S/c1-19-3-2-12-26(18-19)22-8-4-20(5-9-22)17-25-24(28)21-6-10-23(11-7-21)32(29,30)27-13-15-31-16-14-27/h4-11,19H,2-3,12-18H2,1H3,(H,25,28)/t19-/m0/s1. The average Bonchev–Trinajstić information content (AvgIpc) is 2.83. The Bertz CT molecular complexity index is 1020. The molecule has 2 aromatic carbocycles. The van der Waals surface area contributed by atoms with Crippen LogP contribution in [0.15, 0.2) is 53.4 Å². The molecule has 0 saturated carbocycles. The van der Waals surface area contributed by atoms with Crippen molar-refractivity contribution in [1.29, 1.82) is 0 Å². The smallest absolute Gasteiger partial charge is 0.251 e. The van der Waals surface area contributed by atoms with Crippen LogP contribution in [0.3, 0.4) is 0 Å². The normalized spacial score (nSPS) is 20.2. The van der Waals surface area contributed by atoms with Crippen LogP contribution in [0, 0.1) is 5.92 Å². The molecule has 0 aromatic heterocycles. The minimum Gasteiger partial charge on any atom is -0.379 e. The number of sulfonamides is 1. The Labute approximate surface area is 190 Å². The second-order valence-electron chi connectivity index (χ2n) is 8.58. The van der Waals surface area contributed by atoms with Crippen LogP contribution in [-0.2, 0) is 21.3 Å². The minimum absolute atomic E-state index is 0.193. The first kappa shape index (κ1) is 22.8. The zero-order valence-electron chi connectivity index (χ0n) is 18.5. The number of carbonyl (C=O) groups is 1. The van der Waals surface area contributed by atoms with E-state index in [0.29, 0.717) is 38.4 Å². The van der Waals surface area contributed by atoms with Crippen molar-refractivity contribution in [2.24, 2.45) is 5.92 Å². The van der Waals surface area contributed by atoms with E-state index < -0.39 is 10.0 Å². The summed E-state index contributed by atoms with van der Waals surface area (Å²) in [7, 11) is -3.56. The van der Waals surface area contributed by atoms with Gasteiger partial charge in [-0.1, -0.05) is 19.1 Å². The van der Waals surface area contributed by atoms with Gasteiger partial charge in [0.15, 0.2) is 0 Å². The predicted molar refractivity (Wildman–Crippen MR) is 124 cm³/mol. The number of rotatable bonds is 6. The van der Waals surface area contributed by atoms with Gasteiger partial charge in [0.25, 0.3) is 5.91 Å². The molecule has 2 aromatic rings. The number of hydrogen-bond acceptors (Lipinski definition) is 5. The molecule has 0 radical (unpaired) electrons. The Morgan fingerprint density at radius 2 is 1.72 bits per heavy atom. The molecule has 2 fully saturated rings. The summed E-state index contributed by atoms with van der Waals surface area (Å²) in [5.74, 6) is 0.493. The van der Waals surface area contributed by atoms with E-state index in [0.717, 1.165) is 24.6 Å². The molecule has 0 spiro atoms. The highest BCUT2D eigenvalue weighted by Crippen LogP contribution is 2.23. The number of benzene rings is 2. The van der Waals surface area contributed by atoms with Crippen LogP contribution in [0.1, 0.15) is 35.7 Å². The van der Waals surface area contributed by atoms with E-state index in [9.17, 15) is 13.2 Å². The van der Waals surface area contributed by atoms with Crippen molar-refractivity contribution in [2.75, 3.05) is 44.3 Å². The summed E-state index contributed by atoms with van der Waals surface area (Å²) in [5, 5.41) is 2.91. The summed E-state index contributed by atoms with van der Waals surface area (Å²) in [6, 6.07) is 14.4. The topological polar surface area (TPSA) is 79.0 Å². The van der Waals surface area contributed by atoms with Crippen LogP contribution in [0.2, 0.25) is 0 Å². The number of hydrogen-bond donors (Lipinski definition) is 1. The molecule has 0 bridgehead atoms. The number of ether oxygens (including phenoxy) is 1. The Morgan fingerprint density at radius 3 is 2.38 bits per heavy atom. The fourth-order valence-corrected chi connectivity index (χ4v) is 5.66. The molecule has 32 heavy (non-hydrogen) atoms. The van der Waals surface area contributed by atoms with E-state index >= 15 is 0 Å². The van der Waals surface area contributed by atoms with Crippen LogP contribution in [-0.4, -0.2) is 58.0 Å². The lowest BCUT2D eigenvalue weighted by atomic mass is 9.99. The van der Waals surface area contributed by atoms with Crippen LogP contribution >= 0.6 is 0 Å². The second kappa shape index (κ2) is 10.0. The monoisotopic (exact) mass is 457 g/mol. The van der Waals surface area contributed by atoms with Crippen LogP contribution < -0.4 is 10.2 Å². The SMILES string of the molecule is C[C@H]1CCCN(c2ccc(CNC(=O)c3ccc(S(=O)(=O)N4CCOCC4)cc3)cc2)C1. The van der Waals surface area contributed by atoms with Gasteiger partial charge in [0.2, 0.25) is 10.0 Å². The molecule has 0 aliphatic carbocycles. The molecule has 1 amide bonds. The maximum atomic E-state index is 12.7. The summed E-state index contributed by atoms with van der Waals surface area (Å²) in [6.45, 7) is 6.39. The van der Waals surface area contributed by atoms with Crippen molar-refractivity contribution >= 4 is 21.6 Å². The van der Waals surface area contributed by atoms with Crippen molar-refractivity contribution in [2.45, 2.75) is 31.2 Å². The molecular formula is C24H31N3O4S. The Morgan fingerprint density at radius 1 is 1.03 bits per heavy atom. The second-order valence-corrected chi connectivity index (χ2v) is 10.5. The highest BCUT2D eigenvalue weighted by atomic mass is 32.2. The number of morpholine rings is 1. The first-order valence-corrected chi connectivity index (χ1v) is 12.7. The summed E-state index contributed by atoms with van der Waals surface area (Å²) in [5.41, 5.74) is 2.69. The van der Waals surface area contributed by atoms with Gasteiger partial charge in [-0.05, 0) is 60.7 Å². The first-order valence-electron chi connectivity index (χ1n) is 11.2. The van der Waals surface area contributed by atoms with E-state index in [2.05, 4.69) is 29.3 Å². The molecule has 2 saturated heterocycles. The van der Waals surface area contributed by atoms with Gasteiger partial charge in [-0.15, -0.1) is 0 Å². The van der Waals surface area contributed by atoms with E-state index in [4.69, 9.17) is 4.74 Å². The van der Waals surface area contributed by atoms with E-state index in [1.165, 1.54) is 35.0 Å². The number of amides is 1. The maximum absolute atomic E-state index is 12.7. The molecule has 1 N–H and O–H groups in total. The van der Waals surface area contributed by atoms with E-state index in [1.54, 1.807) is 12.1 Å². The largest absolute Gasteiger partial charge is 0.379 e. The van der Waals surface area contributed by atoms with Crippen molar-refractivity contribution in [1.82, 2.24) is 9.62 Å². The lowest BCUT2D eigenvalue weighted by Crippen LogP contribution is -2.40. The lowest BCUT2D eigenvalue weighted by Gasteiger charge is -2.32. The summed E-state index contributed by atoms with van der Waals surface area (Å²) < 4.78 is 32.1. The molecule has 1 atom stereocenters. The third kappa shape index (κ3) is 5.31. The van der Waals surface area contributed by atoms with Crippen LogP contribution in [0.25, 0.3) is 0 Å². The van der Waals surface area contributed by atoms with Crippen molar-refractivity contribution in [3.8, 4) is 0 Å². The Hall–Kier alpha value is -2.42. The summed E-state index contributed by atoms with van der Waals surface area (Å²) >= 11 is 0. The first-order chi connectivity index (χ1) is 15.4. The molecule has 172 valence electrons. The number of anilines is 1. The molecule has 2 aliphatic heterocycles. The molecule has 8 heteroatoms. The third-order valence-corrected chi connectivity index (χ3v) is 8.05. The van der Waals surface area contributed by atoms with Crippen LogP contribution in [0.5, 0.6) is 0 Å². The number of piperidine rings is 1. The van der Waals surface area contributed by atoms with Gasteiger partial charge in [0.1, 0.15) is 0 Å². The molecule has 2 aliphatic rings. The van der Waals surface area contributed by atoms with Gasteiger partial charge >= 0.3 is 0 Å². The molecular weight excluding hydrogens is 426 g/mol. The zero-order chi connectivity index (χ0) is 22.6. The van der Waals surface area contributed by atoms with Crippen molar-refractivity contribution in [3.05, 3.63) is 59.7 Å². The van der Waals surface area contributed by atoms with E-state index in [1.807, 2.05) is 12.1 Å². The van der Waals surface area contributed by atoms with Gasteiger partial charge in [0.05, 0.1) is 18.1 Å². The summed E-state index contributed by atoms with van der Waals surface area (Å²) in [4.78, 5) is 15.1. The van der Waals surface area contributed by atoms with E-state index in [-0.39, 0.29) is 10.8 Å². The number of nitrogens with zero attached hydrogens (tertiary/aromatic N) is 2. The predicted octanol–water partition coefficient (Wildman–Crippen LogP) is 2.87. The van der Waals surface area contributed by atoms with Gasteiger partial charge in [-0.25, -0.2) is 8.42 Å². The zero-order valence-corrected chi connectivity index (χ0v) is 19.3. The Balaban J connectivity index is 1.33. The average molecular weight is 458 g/mol. The molecule has 7 nitrogen and oxygen atoms in total. The quantitative estimate of drug-likeness (QED) is 0.722. The Kier molecular flexibility index (Phi) is 7.13. The fraction of sp³-hybridized carbons (Fsp3) is 0.458. The lowest BCUT2D eigenvalue weighted by molar-refractivity contribution is 0.0730. The molecule has 0 unspecified atom stereocenters. The number of carbonyl (C=O) groups excluding carboxylic acids is 1. The van der Waals surface area contributed by atoms with Crippen molar-refractivity contribution in [3.63, 3.8) is 0 Å². The van der Waals surface area contributed by atoms with Crippen molar-refractivity contribution < 1.29 is 17.9 Å². The highest BCUT2D eigenvalue weighted by Gasteiger charge is 2.26. The molecule has 4 rings (SSSR count). The van der Waals surface area contributed by atoms with Gasteiger partial charge < -0.3 is 15.0 Å². The van der Waals surface area contributed by atoms with Gasteiger partial charge in [0, 0.05) is 44.0 Å². The third-order valence-electron chi connectivity index (χ3n) is 6.14. The van der Waals surface area contributed by atoms with Gasteiger partial charge in [-0.3, -0.25) is 4.79 Å². The number of nitrogens with one attached hydrogen (secondary N) is 1.